The van der Waals surface area contributed by atoms with Crippen molar-refractivity contribution in [3.63, 3.8) is 0 Å². The minimum absolute atomic E-state index is 0.0542. The molecule has 3 fully saturated rings. The van der Waals surface area contributed by atoms with E-state index in [-0.39, 0.29) is 19.4 Å². The van der Waals surface area contributed by atoms with Gasteiger partial charge in [0.15, 0.2) is 12.6 Å². The monoisotopic (exact) mass is 565 g/mol. The lowest BCUT2D eigenvalue weighted by molar-refractivity contribution is -0.314. The Labute approximate surface area is 213 Å². The first-order chi connectivity index (χ1) is 17.1. The van der Waals surface area contributed by atoms with Crippen molar-refractivity contribution >= 4 is 10.4 Å². The zero-order valence-corrected chi connectivity index (χ0v) is 20.6. The summed E-state index contributed by atoms with van der Waals surface area (Å²) in [7, 11) is -4.67. The number of rotatable bonds is 6. The van der Waals surface area contributed by atoms with E-state index in [1.54, 1.807) is 0 Å². The molecule has 0 aromatic rings. The lowest BCUT2D eigenvalue weighted by atomic mass is 9.84. The summed E-state index contributed by atoms with van der Waals surface area (Å²) >= 11 is 0. The van der Waals surface area contributed by atoms with E-state index in [1.165, 1.54) is 0 Å². The summed E-state index contributed by atoms with van der Waals surface area (Å²) in [4.78, 5) is 0. The molecule has 1 aliphatic carbocycles. The van der Waals surface area contributed by atoms with Gasteiger partial charge in [-0.1, -0.05) is 0 Å². The summed E-state index contributed by atoms with van der Waals surface area (Å²) in [6.07, 6.45) is -10.8. The number of aliphatic hydroxyl groups is 5. The molecule has 14 atom stereocenters. The van der Waals surface area contributed by atoms with Crippen LogP contribution in [0.5, 0.6) is 0 Å². The number of hydrogen-bond donors (Lipinski definition) is 12. The van der Waals surface area contributed by atoms with Crippen molar-refractivity contribution < 1.29 is 62.0 Å². The summed E-state index contributed by atoms with van der Waals surface area (Å²) in [5, 5.41) is 50.7. The lowest BCUT2D eigenvalue weighted by Gasteiger charge is -2.47. The van der Waals surface area contributed by atoms with Crippen molar-refractivity contribution in [3.05, 3.63) is 0 Å². The van der Waals surface area contributed by atoms with E-state index in [4.69, 9.17) is 65.1 Å². The van der Waals surface area contributed by atoms with Gasteiger partial charge in [0.1, 0.15) is 36.6 Å². The van der Waals surface area contributed by atoms with Crippen molar-refractivity contribution in [1.29, 1.82) is 0 Å². The molecule has 2 heterocycles. The Morgan fingerprint density at radius 1 is 0.757 bits per heavy atom. The molecule has 3 aliphatic rings. The van der Waals surface area contributed by atoms with E-state index >= 15 is 0 Å². The maximum Gasteiger partial charge on any atom is 0.394 e. The van der Waals surface area contributed by atoms with Crippen LogP contribution < -0.4 is 28.7 Å². The molecule has 18 nitrogen and oxygen atoms in total. The molecule has 2 saturated heterocycles. The topological polar surface area (TPSA) is 343 Å². The zero-order chi connectivity index (χ0) is 28.2. The van der Waals surface area contributed by atoms with E-state index in [9.17, 15) is 25.5 Å². The molecule has 0 amide bonds. The highest BCUT2D eigenvalue weighted by atomic mass is 32.3. The quantitative estimate of drug-likeness (QED) is 0.133. The van der Waals surface area contributed by atoms with Crippen LogP contribution in [0.2, 0.25) is 0 Å². The molecular formula is C18H39N5O13S. The van der Waals surface area contributed by atoms with E-state index in [0.29, 0.717) is 0 Å². The van der Waals surface area contributed by atoms with Crippen LogP contribution in [0.3, 0.4) is 0 Å². The molecule has 37 heavy (non-hydrogen) atoms. The van der Waals surface area contributed by atoms with E-state index < -0.39 is 103 Å². The van der Waals surface area contributed by atoms with Crippen LogP contribution in [0.1, 0.15) is 12.8 Å². The minimum atomic E-state index is -4.67. The number of aliphatic hydroxyl groups excluding tert-OH is 5. The van der Waals surface area contributed by atoms with Gasteiger partial charge in [-0.3, -0.25) is 9.11 Å². The second-order valence-corrected chi connectivity index (χ2v) is 10.1. The molecule has 2 aliphatic heterocycles. The highest BCUT2D eigenvalue weighted by molar-refractivity contribution is 7.79. The lowest BCUT2D eigenvalue weighted by Crippen LogP contribution is -2.68. The first kappa shape index (κ1) is 32.5. The predicted molar refractivity (Wildman–Crippen MR) is 123 cm³/mol. The smallest absolute Gasteiger partial charge is 0.394 e. The van der Waals surface area contributed by atoms with Gasteiger partial charge in [0.05, 0.1) is 30.9 Å². The van der Waals surface area contributed by atoms with Gasteiger partial charge < -0.3 is 73.1 Å². The molecule has 0 unspecified atom stereocenters. The standard InChI is InChI=1S/C18H37N5O9.H2O4S/c19-3-9-8(25)2-7(22)17(29-9)31-15-5(20)1-6(21)16(14(15)28)32-18-13(27)11(23)12(26)10(4-24)30-18;1-5(2,3)4/h5-18,24-28H,1-4,19-23H2;(H2,1,2,3,4)/t5-,6+,7+,8-,9+,10+,11-,12+,13+,14-,15+,16-,17+,18+;/m0./s1. The Kier molecular flexibility index (Phi) is 11.9. The fourth-order valence-corrected chi connectivity index (χ4v) is 4.43. The van der Waals surface area contributed by atoms with Crippen LogP contribution in [-0.2, 0) is 29.3 Å². The normalized spacial score (nSPS) is 47.1. The Morgan fingerprint density at radius 3 is 1.73 bits per heavy atom. The van der Waals surface area contributed by atoms with Gasteiger partial charge in [0.25, 0.3) is 0 Å². The van der Waals surface area contributed by atoms with Gasteiger partial charge in [-0.2, -0.15) is 8.42 Å². The fourth-order valence-electron chi connectivity index (χ4n) is 4.43. The van der Waals surface area contributed by atoms with Gasteiger partial charge in [-0.05, 0) is 12.8 Å². The SMILES string of the molecule is NC[C@H]1O[C@H](O[C@H]2[C@H](O)[C@@H](O[C@H]3O[C@H](CO)[C@@H](O)[C@H](N)[C@H]3O)[C@H](N)C[C@@H]2N)[C@H](N)C[C@@H]1O.O=S(=O)(O)O. The van der Waals surface area contributed by atoms with Crippen molar-refractivity contribution in [2.24, 2.45) is 28.7 Å². The molecule has 0 aromatic carbocycles. The van der Waals surface area contributed by atoms with Crippen LogP contribution in [0.15, 0.2) is 0 Å². The first-order valence-corrected chi connectivity index (χ1v) is 12.9. The summed E-state index contributed by atoms with van der Waals surface area (Å²) in [5.74, 6) is 0. The summed E-state index contributed by atoms with van der Waals surface area (Å²) in [6.45, 7) is -0.499. The van der Waals surface area contributed by atoms with Crippen molar-refractivity contribution in [2.75, 3.05) is 13.2 Å². The predicted octanol–water partition coefficient (Wildman–Crippen LogP) is -6.95. The minimum Gasteiger partial charge on any atom is -0.394 e. The van der Waals surface area contributed by atoms with Gasteiger partial charge in [-0.15, -0.1) is 0 Å². The second kappa shape index (κ2) is 13.6. The molecule has 1 saturated carbocycles. The molecule has 0 aromatic heterocycles. The maximum atomic E-state index is 11.0. The van der Waals surface area contributed by atoms with Gasteiger partial charge in [0, 0.05) is 18.6 Å². The molecule has 0 bridgehead atoms. The largest absolute Gasteiger partial charge is 0.394 e. The van der Waals surface area contributed by atoms with E-state index in [0.717, 1.165) is 0 Å². The fraction of sp³-hybridized carbons (Fsp3) is 1.00. The maximum absolute atomic E-state index is 11.0. The van der Waals surface area contributed by atoms with Crippen LogP contribution >= 0.6 is 0 Å². The molecule has 19 heteroatoms. The van der Waals surface area contributed by atoms with Crippen LogP contribution in [0.25, 0.3) is 0 Å². The van der Waals surface area contributed by atoms with Crippen LogP contribution in [-0.4, -0.2) is 142 Å². The number of hydrogen-bond acceptors (Lipinski definition) is 16. The average Bonchev–Trinajstić information content (AvgIpc) is 2.79. The summed E-state index contributed by atoms with van der Waals surface area (Å²) < 4.78 is 54.3. The first-order valence-electron chi connectivity index (χ1n) is 11.5. The van der Waals surface area contributed by atoms with Crippen molar-refractivity contribution in [3.8, 4) is 0 Å². The van der Waals surface area contributed by atoms with Gasteiger partial charge >= 0.3 is 10.4 Å². The molecule has 0 spiro atoms. The third-order valence-electron chi connectivity index (χ3n) is 6.41. The van der Waals surface area contributed by atoms with E-state index in [1.807, 2.05) is 0 Å². The zero-order valence-electron chi connectivity index (χ0n) is 19.8. The molecule has 220 valence electrons. The van der Waals surface area contributed by atoms with Crippen LogP contribution in [0, 0.1) is 0 Å². The van der Waals surface area contributed by atoms with Gasteiger partial charge in [-0.25, -0.2) is 0 Å². The van der Waals surface area contributed by atoms with Crippen molar-refractivity contribution in [2.45, 2.75) is 98.4 Å². The number of nitrogens with two attached hydrogens (primary N) is 5. The van der Waals surface area contributed by atoms with Gasteiger partial charge in [0.2, 0.25) is 0 Å². The molecular weight excluding hydrogens is 526 g/mol. The molecule has 3 rings (SSSR count). The number of ether oxygens (including phenoxy) is 4. The highest BCUT2D eigenvalue weighted by Gasteiger charge is 2.50. The Morgan fingerprint density at radius 2 is 1.24 bits per heavy atom. The Balaban J connectivity index is 0.000000877. The van der Waals surface area contributed by atoms with E-state index in [2.05, 4.69) is 0 Å². The Hall–Kier alpha value is -0.690. The molecule has 17 N–H and O–H groups in total. The summed E-state index contributed by atoms with van der Waals surface area (Å²) in [6, 6.07) is -3.27. The van der Waals surface area contributed by atoms with Crippen LogP contribution in [0.4, 0.5) is 0 Å². The van der Waals surface area contributed by atoms with Crippen molar-refractivity contribution in [1.82, 2.24) is 0 Å². The summed E-state index contributed by atoms with van der Waals surface area (Å²) in [5.41, 5.74) is 29.8. The second-order valence-electron chi connectivity index (χ2n) is 9.23. The molecule has 0 radical (unpaired) electrons. The third-order valence-corrected chi connectivity index (χ3v) is 6.41. The Bertz CT molecular complexity index is 805. The average molecular weight is 566 g/mol. The third kappa shape index (κ3) is 8.65. The highest BCUT2D eigenvalue weighted by Crippen LogP contribution is 2.30.